The van der Waals surface area contributed by atoms with Crippen molar-refractivity contribution in [3.05, 3.63) is 47.5 Å². The lowest BCUT2D eigenvalue weighted by molar-refractivity contribution is -0.919. The Labute approximate surface area is 172 Å². The largest absolute Gasteiger partial charge is 1.00 e. The molecule has 27 heavy (non-hydrogen) atoms. The number of ether oxygens (including phenoxy) is 1. The third-order valence-electron chi connectivity index (χ3n) is 5.47. The molecule has 0 unspecified atom stereocenters. The summed E-state index contributed by atoms with van der Waals surface area (Å²) in [7, 11) is 1.41. The predicted molar refractivity (Wildman–Crippen MR) is 110 cm³/mol. The summed E-state index contributed by atoms with van der Waals surface area (Å²) in [6, 6.07) is 7.69. The van der Waals surface area contributed by atoms with E-state index < -0.39 is 0 Å². The highest BCUT2D eigenvalue weighted by molar-refractivity contribution is 5.89. The quantitative estimate of drug-likeness (QED) is 0.222. The van der Waals surface area contributed by atoms with Gasteiger partial charge in [-0.05, 0) is 56.9 Å². The van der Waals surface area contributed by atoms with E-state index in [1.807, 2.05) is 24.3 Å². The molecule has 0 bridgehead atoms. The van der Waals surface area contributed by atoms with E-state index in [0.29, 0.717) is 5.56 Å². The highest BCUT2D eigenvalue weighted by Gasteiger charge is 2.20. The van der Waals surface area contributed by atoms with E-state index >= 15 is 0 Å². The van der Waals surface area contributed by atoms with Crippen LogP contribution >= 0.6 is 0 Å². The molecule has 4 heteroatoms. The number of benzene rings is 1. The Kier molecular flexibility index (Phi) is 14.0. The fourth-order valence-corrected chi connectivity index (χ4v) is 3.35. The fourth-order valence-electron chi connectivity index (χ4n) is 3.35. The van der Waals surface area contributed by atoms with Gasteiger partial charge in [0.15, 0.2) is 0 Å². The van der Waals surface area contributed by atoms with Crippen molar-refractivity contribution >= 4 is 5.97 Å². The van der Waals surface area contributed by atoms with Gasteiger partial charge in [-0.1, -0.05) is 44.4 Å². The van der Waals surface area contributed by atoms with Crippen molar-refractivity contribution in [1.29, 1.82) is 0 Å². The van der Waals surface area contributed by atoms with Gasteiger partial charge in [-0.25, -0.2) is 4.79 Å². The molecule has 0 saturated carbocycles. The van der Waals surface area contributed by atoms with Crippen LogP contribution in [-0.2, 0) is 11.2 Å². The van der Waals surface area contributed by atoms with Crippen LogP contribution in [0.2, 0.25) is 0 Å². The second-order valence-electron chi connectivity index (χ2n) is 7.16. The summed E-state index contributed by atoms with van der Waals surface area (Å²) in [5.41, 5.74) is 1.83. The number of halogens is 1. The Morgan fingerprint density at radius 2 is 1.59 bits per heavy atom. The molecule has 0 N–H and O–H groups in total. The van der Waals surface area contributed by atoms with Gasteiger partial charge in [-0.15, -0.1) is 0 Å². The molecule has 1 aromatic carbocycles. The number of hydrogen-bond acceptors (Lipinski definition) is 2. The Balaban J connectivity index is 0.00000676. The maximum Gasteiger partial charge on any atom is 0.337 e. The zero-order chi connectivity index (χ0) is 19.3. The Hall–Kier alpha value is -1.32. The molecular weight excluding hydrogens is 358 g/mol. The number of nitrogens with zero attached hydrogens (tertiary/aromatic N) is 1. The summed E-state index contributed by atoms with van der Waals surface area (Å²) in [5, 5.41) is 0. The number of carbonyl (C=O) groups is 1. The second kappa shape index (κ2) is 14.7. The summed E-state index contributed by atoms with van der Waals surface area (Å²) in [6.07, 6.45) is 12.3. The molecule has 0 aliphatic carbocycles. The number of methoxy groups -OCH3 is 1. The van der Waals surface area contributed by atoms with Crippen LogP contribution in [0, 0.1) is 0 Å². The fraction of sp³-hybridized carbons (Fsp3) is 0.609. The topological polar surface area (TPSA) is 26.3 Å². The van der Waals surface area contributed by atoms with E-state index in [-0.39, 0.29) is 18.4 Å². The lowest BCUT2D eigenvalue weighted by atomic mass is 10.1. The van der Waals surface area contributed by atoms with Crippen LogP contribution in [0.3, 0.4) is 0 Å². The van der Waals surface area contributed by atoms with E-state index in [0.717, 1.165) is 13.0 Å². The molecule has 0 atom stereocenters. The molecule has 0 aliphatic heterocycles. The average Bonchev–Trinajstić information content (AvgIpc) is 2.69. The van der Waals surface area contributed by atoms with Crippen molar-refractivity contribution in [2.24, 2.45) is 0 Å². The lowest BCUT2D eigenvalue weighted by Gasteiger charge is -2.36. The maximum atomic E-state index is 11.5. The van der Waals surface area contributed by atoms with Crippen LogP contribution in [0.15, 0.2) is 36.4 Å². The van der Waals surface area contributed by atoms with Crippen LogP contribution in [-0.4, -0.2) is 43.7 Å². The molecule has 0 heterocycles. The van der Waals surface area contributed by atoms with Crippen LogP contribution in [0.25, 0.3) is 0 Å². The van der Waals surface area contributed by atoms with Crippen LogP contribution in [0.1, 0.15) is 68.8 Å². The van der Waals surface area contributed by atoms with E-state index in [4.69, 9.17) is 4.74 Å². The third-order valence-corrected chi connectivity index (χ3v) is 5.47. The number of allylic oxidation sites excluding steroid dienone is 1. The second-order valence-corrected chi connectivity index (χ2v) is 7.16. The van der Waals surface area contributed by atoms with E-state index in [1.165, 1.54) is 68.9 Å². The number of likely N-dealkylation sites (N-methyl/N-ethyl adjacent to an activating group) is 1. The highest BCUT2D eigenvalue weighted by Crippen LogP contribution is 2.12. The molecule has 0 spiro atoms. The predicted octanol–water partition coefficient (Wildman–Crippen LogP) is 2.40. The molecule has 0 aromatic heterocycles. The number of unbranched alkanes of at least 4 members (excludes halogenated alkanes) is 4. The molecule has 0 amide bonds. The summed E-state index contributed by atoms with van der Waals surface area (Å²) in [6.45, 7) is 11.7. The van der Waals surface area contributed by atoms with Gasteiger partial charge in [-0.2, -0.15) is 0 Å². The van der Waals surface area contributed by atoms with E-state index in [2.05, 4.69) is 32.9 Å². The van der Waals surface area contributed by atoms with Crippen LogP contribution in [0.5, 0.6) is 0 Å². The van der Waals surface area contributed by atoms with Gasteiger partial charge in [0.2, 0.25) is 0 Å². The van der Waals surface area contributed by atoms with Crippen molar-refractivity contribution in [2.45, 2.75) is 59.3 Å². The Morgan fingerprint density at radius 3 is 2.15 bits per heavy atom. The first-order chi connectivity index (χ1) is 12.6. The first kappa shape index (κ1) is 25.7. The highest BCUT2D eigenvalue weighted by atomic mass is 35.5. The molecule has 3 nitrogen and oxygen atoms in total. The monoisotopic (exact) mass is 395 g/mol. The SMILES string of the molecule is CCCCCCC[N+](CC)(CC)CC=CCc1ccc(C(=O)OC)cc1.[Cl-]. The van der Waals surface area contributed by atoms with Crippen LogP contribution in [0.4, 0.5) is 0 Å². The molecular formula is C23H38ClNO2. The summed E-state index contributed by atoms with van der Waals surface area (Å²) in [5.74, 6) is -0.279. The zero-order valence-corrected chi connectivity index (χ0v) is 18.4. The number of hydrogen-bond donors (Lipinski definition) is 0. The number of carbonyl (C=O) groups excluding carboxylic acids is 1. The van der Waals surface area contributed by atoms with Crippen molar-refractivity contribution in [3.8, 4) is 0 Å². The smallest absolute Gasteiger partial charge is 0.337 e. The summed E-state index contributed by atoms with van der Waals surface area (Å²) >= 11 is 0. The number of rotatable bonds is 13. The van der Waals surface area contributed by atoms with Crippen molar-refractivity contribution in [2.75, 3.05) is 33.3 Å². The van der Waals surface area contributed by atoms with E-state index in [9.17, 15) is 4.79 Å². The molecule has 0 radical (unpaired) electrons. The third kappa shape index (κ3) is 9.44. The first-order valence-corrected chi connectivity index (χ1v) is 10.3. The minimum atomic E-state index is -0.279. The molecule has 1 rings (SSSR count). The number of esters is 1. The van der Waals surface area contributed by atoms with Gasteiger partial charge in [0, 0.05) is 0 Å². The van der Waals surface area contributed by atoms with Crippen molar-refractivity contribution < 1.29 is 26.4 Å². The van der Waals surface area contributed by atoms with Crippen molar-refractivity contribution in [1.82, 2.24) is 0 Å². The molecule has 154 valence electrons. The molecule has 0 fully saturated rings. The Morgan fingerprint density at radius 1 is 0.963 bits per heavy atom. The molecule has 0 saturated heterocycles. The van der Waals surface area contributed by atoms with E-state index in [1.54, 1.807) is 0 Å². The minimum absolute atomic E-state index is 0. The van der Waals surface area contributed by atoms with Gasteiger partial charge < -0.3 is 21.6 Å². The standard InChI is InChI=1S/C23H38NO2.ClH/c1-5-8-9-10-12-19-24(6-2,7-3)20-13-11-14-21-15-17-22(18-16-21)23(25)26-4;/h11,13,15-18H,5-10,12,14,19-20H2,1-4H3;1H/q+1;/p-1. The zero-order valence-electron chi connectivity index (χ0n) is 17.7. The van der Waals surface area contributed by atoms with Crippen molar-refractivity contribution in [3.63, 3.8) is 0 Å². The minimum Gasteiger partial charge on any atom is -1.00 e. The van der Waals surface area contributed by atoms with Gasteiger partial charge in [0.25, 0.3) is 0 Å². The average molecular weight is 396 g/mol. The molecule has 1 aromatic rings. The van der Waals surface area contributed by atoms with Gasteiger partial charge in [-0.3, -0.25) is 0 Å². The van der Waals surface area contributed by atoms with Gasteiger partial charge >= 0.3 is 5.97 Å². The maximum absolute atomic E-state index is 11.5. The Bertz CT molecular complexity index is 536. The van der Waals surface area contributed by atoms with Crippen LogP contribution < -0.4 is 12.4 Å². The summed E-state index contributed by atoms with van der Waals surface area (Å²) < 4.78 is 5.92. The van der Waals surface area contributed by atoms with Gasteiger partial charge in [0.1, 0.15) is 0 Å². The van der Waals surface area contributed by atoms with Gasteiger partial charge in [0.05, 0.1) is 38.9 Å². The summed E-state index contributed by atoms with van der Waals surface area (Å²) in [4.78, 5) is 11.5. The lowest BCUT2D eigenvalue weighted by Crippen LogP contribution is -3.00. The molecule has 0 aliphatic rings. The number of quaternary nitrogens is 1. The first-order valence-electron chi connectivity index (χ1n) is 10.3. The normalized spacial score (nSPS) is 11.4.